The molecule has 0 amide bonds. The van der Waals surface area contributed by atoms with Gasteiger partial charge in [-0.05, 0) is 42.9 Å². The van der Waals surface area contributed by atoms with Crippen LogP contribution in [0.1, 0.15) is 42.4 Å². The minimum atomic E-state index is 0. The summed E-state index contributed by atoms with van der Waals surface area (Å²) in [6, 6.07) is 14.3. The zero-order valence-corrected chi connectivity index (χ0v) is 21.0. The minimum absolute atomic E-state index is 0. The molecule has 2 N–H and O–H groups in total. The number of nitrogens with zero attached hydrogens (tertiary/aromatic N) is 1. The zero-order chi connectivity index (χ0) is 21.2. The van der Waals surface area contributed by atoms with E-state index in [-0.39, 0.29) is 30.1 Å². The molecule has 0 atom stereocenters. The average Bonchev–Trinajstić information content (AvgIpc) is 3.29. The maximum absolute atomic E-state index is 6.33. The van der Waals surface area contributed by atoms with Gasteiger partial charge < -0.3 is 24.8 Å². The molecule has 1 saturated carbocycles. The van der Waals surface area contributed by atoms with Crippen molar-refractivity contribution in [2.24, 2.45) is 4.99 Å². The molecule has 0 saturated heterocycles. The van der Waals surface area contributed by atoms with E-state index >= 15 is 0 Å². The molecule has 3 rings (SSSR count). The lowest BCUT2D eigenvalue weighted by atomic mass is 10.1. The van der Waals surface area contributed by atoms with E-state index in [0.29, 0.717) is 19.7 Å². The third-order valence-electron chi connectivity index (χ3n) is 5.40. The predicted octanol–water partition coefficient (Wildman–Crippen LogP) is 4.65. The van der Waals surface area contributed by atoms with Gasteiger partial charge in [0.2, 0.25) is 0 Å². The maximum Gasteiger partial charge on any atom is 0.191 e. The fourth-order valence-electron chi connectivity index (χ4n) is 3.77. The van der Waals surface area contributed by atoms with E-state index in [1.165, 1.54) is 24.0 Å². The molecule has 0 aliphatic heterocycles. The lowest BCUT2D eigenvalue weighted by Crippen LogP contribution is -2.36. The van der Waals surface area contributed by atoms with Gasteiger partial charge >= 0.3 is 0 Å². The Morgan fingerprint density at radius 3 is 2.23 bits per heavy atom. The second-order valence-electron chi connectivity index (χ2n) is 7.45. The van der Waals surface area contributed by atoms with Crippen molar-refractivity contribution in [2.75, 3.05) is 21.3 Å². The Bertz CT molecular complexity index is 839. The Kier molecular flexibility index (Phi) is 10.9. The van der Waals surface area contributed by atoms with Crippen molar-refractivity contribution in [3.8, 4) is 11.5 Å². The van der Waals surface area contributed by atoms with Crippen LogP contribution in [0.2, 0.25) is 0 Å². The van der Waals surface area contributed by atoms with Crippen molar-refractivity contribution < 1.29 is 14.2 Å². The van der Waals surface area contributed by atoms with Gasteiger partial charge in [0.1, 0.15) is 0 Å². The quantitative estimate of drug-likeness (QED) is 0.276. The molecular formula is C24H34IN3O3. The number of benzene rings is 2. The second kappa shape index (κ2) is 13.4. The topological polar surface area (TPSA) is 64.1 Å². The molecule has 2 aromatic rings. The summed E-state index contributed by atoms with van der Waals surface area (Å²) >= 11 is 0. The van der Waals surface area contributed by atoms with Crippen molar-refractivity contribution in [1.29, 1.82) is 0 Å². The summed E-state index contributed by atoms with van der Waals surface area (Å²) < 4.78 is 17.2. The number of ether oxygens (including phenoxy) is 3. The highest BCUT2D eigenvalue weighted by atomic mass is 127. The summed E-state index contributed by atoms with van der Waals surface area (Å²) in [6.45, 7) is 1.86. The molecule has 1 fully saturated rings. The summed E-state index contributed by atoms with van der Waals surface area (Å²) in [5.74, 6) is 2.34. The predicted molar refractivity (Wildman–Crippen MR) is 135 cm³/mol. The molecule has 7 heteroatoms. The van der Waals surface area contributed by atoms with Gasteiger partial charge in [0.05, 0.1) is 19.8 Å². The van der Waals surface area contributed by atoms with E-state index < -0.39 is 0 Å². The van der Waals surface area contributed by atoms with E-state index in [0.717, 1.165) is 35.9 Å². The van der Waals surface area contributed by atoms with Gasteiger partial charge in [0, 0.05) is 32.8 Å². The Morgan fingerprint density at radius 2 is 1.58 bits per heavy atom. The molecule has 0 spiro atoms. The van der Waals surface area contributed by atoms with Gasteiger partial charge in [-0.3, -0.25) is 4.99 Å². The summed E-state index contributed by atoms with van der Waals surface area (Å²) in [6.07, 6.45) is 4.95. The fourth-order valence-corrected chi connectivity index (χ4v) is 3.77. The Balaban J connectivity index is 0.00000341. The molecule has 6 nitrogen and oxygen atoms in total. The number of nitrogens with one attached hydrogen (secondary N) is 2. The lowest BCUT2D eigenvalue weighted by molar-refractivity contribution is 0.184. The van der Waals surface area contributed by atoms with Gasteiger partial charge in [0.15, 0.2) is 17.5 Å². The summed E-state index contributed by atoms with van der Waals surface area (Å²) in [4.78, 5) is 4.36. The summed E-state index contributed by atoms with van der Waals surface area (Å²) in [5.41, 5.74) is 3.42. The number of guanidine groups is 1. The van der Waals surface area contributed by atoms with Crippen molar-refractivity contribution >= 4 is 29.9 Å². The SMILES string of the molecule is CN=C(NCc1ccccc1COC)NCc1cccc(OC)c1OC1CCCC1.I. The molecule has 170 valence electrons. The van der Waals surface area contributed by atoms with Crippen LogP contribution in [0.15, 0.2) is 47.5 Å². The largest absolute Gasteiger partial charge is 0.493 e. The Hall–Kier alpha value is -2.00. The van der Waals surface area contributed by atoms with E-state index in [9.17, 15) is 0 Å². The number of rotatable bonds is 9. The molecule has 0 unspecified atom stereocenters. The van der Waals surface area contributed by atoms with Gasteiger partial charge in [-0.15, -0.1) is 24.0 Å². The molecule has 0 bridgehead atoms. The summed E-state index contributed by atoms with van der Waals surface area (Å²) in [5, 5.41) is 6.78. The van der Waals surface area contributed by atoms with Crippen molar-refractivity contribution in [2.45, 2.75) is 51.5 Å². The first-order valence-electron chi connectivity index (χ1n) is 10.6. The smallest absolute Gasteiger partial charge is 0.191 e. The van der Waals surface area contributed by atoms with Crippen LogP contribution in [0, 0.1) is 0 Å². The molecule has 1 aliphatic carbocycles. The fraction of sp³-hybridized carbons (Fsp3) is 0.458. The van der Waals surface area contributed by atoms with Crippen molar-refractivity contribution in [1.82, 2.24) is 10.6 Å². The molecule has 0 radical (unpaired) electrons. The normalized spacial score (nSPS) is 14.1. The van der Waals surface area contributed by atoms with Crippen LogP contribution in [-0.4, -0.2) is 33.3 Å². The number of hydrogen-bond donors (Lipinski definition) is 2. The van der Waals surface area contributed by atoms with Crippen LogP contribution in [0.4, 0.5) is 0 Å². The van der Waals surface area contributed by atoms with Crippen LogP contribution in [0.5, 0.6) is 11.5 Å². The van der Waals surface area contributed by atoms with Gasteiger partial charge in [0.25, 0.3) is 0 Å². The zero-order valence-electron chi connectivity index (χ0n) is 18.6. The van der Waals surface area contributed by atoms with Crippen molar-refractivity contribution in [3.63, 3.8) is 0 Å². The highest BCUT2D eigenvalue weighted by molar-refractivity contribution is 14.0. The minimum Gasteiger partial charge on any atom is -0.493 e. The third-order valence-corrected chi connectivity index (χ3v) is 5.40. The first-order chi connectivity index (χ1) is 14.7. The molecule has 2 aromatic carbocycles. The Morgan fingerprint density at radius 1 is 0.935 bits per heavy atom. The van der Waals surface area contributed by atoms with E-state index in [1.807, 2.05) is 24.3 Å². The maximum atomic E-state index is 6.33. The second-order valence-corrected chi connectivity index (χ2v) is 7.45. The van der Waals surface area contributed by atoms with Crippen LogP contribution in [0.3, 0.4) is 0 Å². The van der Waals surface area contributed by atoms with E-state index in [2.05, 4.69) is 33.8 Å². The highest BCUT2D eigenvalue weighted by Crippen LogP contribution is 2.34. The number of methoxy groups -OCH3 is 2. The average molecular weight is 539 g/mol. The standard InChI is InChI=1S/C24H33N3O3.HI/c1-25-24(26-15-18-9-4-5-10-20(18)17-28-2)27-16-19-11-8-14-22(29-3)23(19)30-21-12-6-7-13-21;/h4-5,8-11,14,21H,6-7,12-13,15-17H2,1-3H3,(H2,25,26,27);1H. The summed E-state index contributed by atoms with van der Waals surface area (Å²) in [7, 11) is 5.17. The number of hydrogen-bond acceptors (Lipinski definition) is 4. The molecule has 1 aliphatic rings. The van der Waals surface area contributed by atoms with Gasteiger partial charge in [-0.25, -0.2) is 0 Å². The molecule has 0 aromatic heterocycles. The number of aliphatic imine (C=N–C) groups is 1. The van der Waals surface area contributed by atoms with E-state index in [1.54, 1.807) is 21.3 Å². The van der Waals surface area contributed by atoms with Crippen LogP contribution in [-0.2, 0) is 24.4 Å². The molecule has 31 heavy (non-hydrogen) atoms. The van der Waals surface area contributed by atoms with Crippen LogP contribution < -0.4 is 20.1 Å². The van der Waals surface area contributed by atoms with E-state index in [4.69, 9.17) is 14.2 Å². The van der Waals surface area contributed by atoms with Gasteiger partial charge in [-0.2, -0.15) is 0 Å². The highest BCUT2D eigenvalue weighted by Gasteiger charge is 2.20. The van der Waals surface area contributed by atoms with Crippen LogP contribution >= 0.6 is 24.0 Å². The monoisotopic (exact) mass is 539 g/mol. The molecule has 0 heterocycles. The third kappa shape index (κ3) is 7.28. The first kappa shape index (κ1) is 25.3. The van der Waals surface area contributed by atoms with Crippen LogP contribution in [0.25, 0.3) is 0 Å². The lowest BCUT2D eigenvalue weighted by Gasteiger charge is -2.20. The molecular weight excluding hydrogens is 505 g/mol. The van der Waals surface area contributed by atoms with Gasteiger partial charge in [-0.1, -0.05) is 36.4 Å². The Labute approximate surface area is 202 Å². The number of halogens is 1. The first-order valence-corrected chi connectivity index (χ1v) is 10.6. The van der Waals surface area contributed by atoms with Crippen molar-refractivity contribution in [3.05, 3.63) is 59.2 Å². The number of para-hydroxylation sites is 1.